The topological polar surface area (TPSA) is 168 Å². The van der Waals surface area contributed by atoms with Gasteiger partial charge in [-0.25, -0.2) is 4.79 Å². The Balaban J connectivity index is -0.0000000590. The van der Waals surface area contributed by atoms with Gasteiger partial charge >= 0.3 is 71.1 Å². The number of terminal acetylenes is 1. The predicted molar refractivity (Wildman–Crippen MR) is 189 cm³/mol. The maximum atomic E-state index is 12.1. The number of hydrogen-bond acceptors (Lipinski definition) is 9. The van der Waals surface area contributed by atoms with Crippen molar-refractivity contribution in [3.63, 3.8) is 0 Å². The van der Waals surface area contributed by atoms with Crippen molar-refractivity contribution in [2.24, 2.45) is 5.73 Å². The van der Waals surface area contributed by atoms with Crippen molar-refractivity contribution in [1.82, 2.24) is 0 Å². The van der Waals surface area contributed by atoms with E-state index in [1.165, 1.54) is 45.4 Å². The van der Waals surface area contributed by atoms with E-state index >= 15 is 0 Å². The molecule has 0 aromatic carbocycles. The zero-order valence-corrected chi connectivity index (χ0v) is 31.9. The third-order valence-electron chi connectivity index (χ3n) is 4.71. The minimum atomic E-state index is -5.32. The zero-order valence-electron chi connectivity index (χ0n) is 27.0. The fourth-order valence-electron chi connectivity index (χ4n) is 2.90. The van der Waals surface area contributed by atoms with Gasteiger partial charge in [0.05, 0.1) is 14.4 Å². The smallest absolute Gasteiger partial charge is 0.790 e. The second-order valence-corrected chi connectivity index (χ2v) is 9.79. The number of nitrogens with two attached hydrogens (primary N) is 1. The Bertz CT molecular complexity index is 1420. The molecule has 0 rings (SSSR count). The Hall–Kier alpha value is -2.56. The van der Waals surface area contributed by atoms with Crippen LogP contribution in [0.25, 0.3) is 0 Å². The number of rotatable bonds is 17. The SMILES string of the molecule is C#CC#CC#CC#CC#CC#CC#CC(=O)OC[C@H](COP(=O)([O-])[O-])OC(=O)CCCCCCCCCCCC.CC(N)=O.[HH].[HH].[HH].[HH].[HH].[HH].[HH].[HH].[HH].[HH].[HH].[HH].[HH].[Na+].[Na+]. The van der Waals surface area contributed by atoms with Gasteiger partial charge in [-0.15, -0.1) is 6.42 Å². The van der Waals surface area contributed by atoms with Crippen LogP contribution in [0.15, 0.2) is 0 Å². The van der Waals surface area contributed by atoms with Crippen molar-refractivity contribution in [3.05, 3.63) is 0 Å². The Morgan fingerprint density at radius 2 is 1.17 bits per heavy atom. The minimum Gasteiger partial charge on any atom is -0.790 e. The van der Waals surface area contributed by atoms with Crippen LogP contribution in [-0.4, -0.2) is 37.2 Å². The quantitative estimate of drug-likeness (QED) is 0.0499. The normalized spacial score (nSPS) is 9.02. The second-order valence-electron chi connectivity index (χ2n) is 8.64. The molecule has 0 fully saturated rings. The summed E-state index contributed by atoms with van der Waals surface area (Å²) in [5.74, 6) is 28.0. The first-order valence-corrected chi connectivity index (χ1v) is 15.2. The van der Waals surface area contributed by atoms with E-state index in [0.717, 1.165) is 19.3 Å². The molecule has 1 amide bonds. The van der Waals surface area contributed by atoms with Gasteiger partial charge in [-0.2, -0.15) is 0 Å². The van der Waals surface area contributed by atoms with E-state index in [4.69, 9.17) is 15.9 Å². The summed E-state index contributed by atoms with van der Waals surface area (Å²) >= 11 is 0. The van der Waals surface area contributed by atoms with Crippen LogP contribution >= 0.6 is 7.82 Å². The molecule has 1 atom stereocenters. The van der Waals surface area contributed by atoms with Crippen LogP contribution in [0.5, 0.6) is 0 Å². The molecule has 0 spiro atoms. The summed E-state index contributed by atoms with van der Waals surface area (Å²) in [7, 11) is -5.32. The van der Waals surface area contributed by atoms with Crippen LogP contribution < -0.4 is 74.6 Å². The van der Waals surface area contributed by atoms with Gasteiger partial charge in [0.25, 0.3) is 0 Å². The van der Waals surface area contributed by atoms with Gasteiger partial charge in [0.1, 0.15) is 6.61 Å². The molecule has 0 heterocycles. The first kappa shape index (κ1) is 50.3. The van der Waals surface area contributed by atoms with Gasteiger partial charge in [-0.05, 0) is 77.5 Å². The molecule has 10 nitrogen and oxygen atoms in total. The molecule has 0 aliphatic rings. The van der Waals surface area contributed by atoms with Gasteiger partial charge in [-0.3, -0.25) is 9.59 Å². The van der Waals surface area contributed by atoms with Crippen molar-refractivity contribution in [3.8, 4) is 83.4 Å². The molecule has 0 saturated heterocycles. The molecular formula is C33H62NNa2O9P. The predicted octanol–water partition coefficient (Wildman–Crippen LogP) is -1.05. The first-order valence-electron chi connectivity index (χ1n) is 13.8. The van der Waals surface area contributed by atoms with Gasteiger partial charge in [0.15, 0.2) is 6.10 Å². The summed E-state index contributed by atoms with van der Waals surface area (Å²) in [5.41, 5.74) is 4.47. The number of carbonyl (C=O) groups excluding carboxylic acids is 3. The molecule has 0 aliphatic heterocycles. The monoisotopic (exact) mass is 693 g/mol. The molecule has 0 radical (unpaired) electrons. The maximum absolute atomic E-state index is 12.1. The molecule has 13 heteroatoms. The van der Waals surface area contributed by atoms with Crippen LogP contribution in [0.3, 0.4) is 0 Å². The number of ether oxygens (including phenoxy) is 2. The van der Waals surface area contributed by atoms with Gasteiger partial charge in [0.2, 0.25) is 5.91 Å². The zero-order chi connectivity index (χ0) is 33.3. The third-order valence-corrected chi connectivity index (χ3v) is 5.18. The van der Waals surface area contributed by atoms with E-state index in [-0.39, 0.29) is 90.0 Å². The van der Waals surface area contributed by atoms with E-state index in [1.54, 1.807) is 0 Å². The van der Waals surface area contributed by atoms with E-state index in [2.05, 4.69) is 94.1 Å². The van der Waals surface area contributed by atoms with Gasteiger partial charge < -0.3 is 34.1 Å². The molecular weight excluding hydrogens is 631 g/mol. The summed E-state index contributed by atoms with van der Waals surface area (Å²) in [6.45, 7) is 2.14. The third kappa shape index (κ3) is 45.9. The number of unbranched alkanes of at least 4 members (excludes halogenated alkanes) is 9. The molecule has 2 N–H and O–H groups in total. The average molecular weight is 694 g/mol. The minimum absolute atomic E-state index is 0. The molecule has 260 valence electrons. The fraction of sp³-hybridized carbons (Fsp3) is 0.485. The molecule has 0 bridgehead atoms. The summed E-state index contributed by atoms with van der Waals surface area (Å²) in [4.78, 5) is 54.7. The molecule has 46 heavy (non-hydrogen) atoms. The van der Waals surface area contributed by atoms with Gasteiger partial charge in [-0.1, -0.05) is 64.7 Å². The second kappa shape index (κ2) is 36.9. The molecule has 0 saturated carbocycles. The molecule has 0 aliphatic carbocycles. The van der Waals surface area contributed by atoms with Crippen LogP contribution in [0.1, 0.15) is 103 Å². The Kier molecular flexibility index (Phi) is 40.4. The molecule has 0 aromatic rings. The summed E-state index contributed by atoms with van der Waals surface area (Å²) in [5, 5.41) is 0. The Morgan fingerprint density at radius 1 is 0.761 bits per heavy atom. The first-order chi connectivity index (χ1) is 21.0. The number of amides is 1. The maximum Gasteiger partial charge on any atom is 1.00 e. The van der Waals surface area contributed by atoms with E-state index < -0.39 is 39.1 Å². The van der Waals surface area contributed by atoms with E-state index in [9.17, 15) is 28.7 Å². The number of hydrogen-bond donors (Lipinski definition) is 1. The number of carbonyl (C=O) groups is 3. The summed E-state index contributed by atoms with van der Waals surface area (Å²) in [6.07, 6.45) is 14.7. The van der Waals surface area contributed by atoms with Gasteiger partial charge in [0, 0.05) is 37.8 Å². The standard InChI is InChI=1S/C31H33O8P.C2H5NO.2Na.13H2/c1-3-5-7-9-11-13-15-16-18-19-21-23-25-30(32)37-27-29(28-38-40(34,35)36)39-31(33)26-24-22-20-17-14-12-10-8-6-4-2;1-2(3)4;;;;;;;;;;;;;;;/h1,29H,4,6,8,10,12,14,17,20,22,24,26-28H2,2H3,(H2,34,35,36);1H3,(H2,3,4);;;13*1H/q;;2*+1;;;;;;;;;;;;;/p-2/t29-;;;;;;;;;;;;;;;;/m1................/s1. The van der Waals surface area contributed by atoms with Crippen LogP contribution in [0.2, 0.25) is 0 Å². The summed E-state index contributed by atoms with van der Waals surface area (Å²) < 4.78 is 24.9. The molecule has 0 unspecified atom stereocenters. The fourth-order valence-corrected chi connectivity index (χ4v) is 3.25. The Labute approximate surface area is 337 Å². The Morgan fingerprint density at radius 3 is 1.61 bits per heavy atom. The number of primary amides is 1. The van der Waals surface area contributed by atoms with Crippen molar-refractivity contribution in [2.75, 3.05) is 13.2 Å². The van der Waals surface area contributed by atoms with Crippen LogP contribution in [0, 0.1) is 83.4 Å². The van der Waals surface area contributed by atoms with Crippen LogP contribution in [0.4, 0.5) is 0 Å². The number of phosphoric ester groups is 1. The molecule has 0 aromatic heterocycles. The van der Waals surface area contributed by atoms with Crippen molar-refractivity contribution < 1.29 is 120 Å². The van der Waals surface area contributed by atoms with E-state index in [1.807, 2.05) is 0 Å². The number of phosphoric acid groups is 1. The van der Waals surface area contributed by atoms with Crippen molar-refractivity contribution >= 4 is 25.7 Å². The van der Waals surface area contributed by atoms with Crippen LogP contribution in [-0.2, 0) is 32.9 Å². The number of esters is 2. The van der Waals surface area contributed by atoms with Crippen molar-refractivity contribution in [2.45, 2.75) is 90.6 Å². The van der Waals surface area contributed by atoms with Crippen molar-refractivity contribution in [1.29, 1.82) is 0 Å². The largest absolute Gasteiger partial charge is 1.00 e. The average Bonchev–Trinajstić information content (AvgIpc) is 2.95. The summed E-state index contributed by atoms with van der Waals surface area (Å²) in [6, 6.07) is 0. The van der Waals surface area contributed by atoms with E-state index in [0.29, 0.717) is 6.42 Å².